The standard InChI is InChI=1S/C18H18FN3O3/c1-3-9-25-14-7-8-20-16-15(14)17(23)22(18(24)21(16)2)11-12-5-4-6-13(19)10-12/h4-8,10H,3,9,11H2,1-2H3. The number of halogens is 1. The van der Waals surface area contributed by atoms with Crippen molar-refractivity contribution < 1.29 is 9.13 Å². The molecule has 0 aliphatic carbocycles. The zero-order valence-electron chi connectivity index (χ0n) is 14.0. The molecule has 0 fully saturated rings. The minimum Gasteiger partial charge on any atom is -0.493 e. The minimum absolute atomic E-state index is 0.0265. The molecule has 0 saturated heterocycles. The van der Waals surface area contributed by atoms with Crippen molar-refractivity contribution in [3.05, 3.63) is 68.7 Å². The Bertz CT molecular complexity index is 1040. The minimum atomic E-state index is -0.512. The molecular weight excluding hydrogens is 325 g/mol. The molecule has 1 aromatic carbocycles. The summed E-state index contributed by atoms with van der Waals surface area (Å²) in [5, 5.41) is 0.245. The van der Waals surface area contributed by atoms with E-state index in [0.29, 0.717) is 17.9 Å². The van der Waals surface area contributed by atoms with E-state index in [2.05, 4.69) is 4.98 Å². The van der Waals surface area contributed by atoms with Gasteiger partial charge in [0.25, 0.3) is 5.56 Å². The summed E-state index contributed by atoms with van der Waals surface area (Å²) in [6, 6.07) is 7.42. The molecule has 3 rings (SSSR count). The maximum Gasteiger partial charge on any atom is 0.332 e. The number of nitrogens with zero attached hydrogens (tertiary/aromatic N) is 3. The molecule has 0 atom stereocenters. The number of hydrogen-bond donors (Lipinski definition) is 0. The highest BCUT2D eigenvalue weighted by Gasteiger charge is 2.16. The third kappa shape index (κ3) is 3.17. The monoisotopic (exact) mass is 343 g/mol. The van der Waals surface area contributed by atoms with Gasteiger partial charge in [-0.25, -0.2) is 14.2 Å². The van der Waals surface area contributed by atoms with Crippen LogP contribution in [0.5, 0.6) is 5.75 Å². The van der Waals surface area contributed by atoms with E-state index in [1.165, 1.54) is 22.9 Å². The van der Waals surface area contributed by atoms with E-state index in [1.807, 2.05) is 6.92 Å². The van der Waals surface area contributed by atoms with Gasteiger partial charge in [-0.3, -0.25) is 13.9 Å². The van der Waals surface area contributed by atoms with Crippen molar-refractivity contribution in [3.8, 4) is 5.75 Å². The quantitative estimate of drug-likeness (QED) is 0.711. The Balaban J connectivity index is 2.22. The van der Waals surface area contributed by atoms with Crippen molar-refractivity contribution in [2.45, 2.75) is 19.9 Å². The van der Waals surface area contributed by atoms with Crippen molar-refractivity contribution in [3.63, 3.8) is 0 Å². The van der Waals surface area contributed by atoms with Gasteiger partial charge < -0.3 is 4.74 Å². The zero-order chi connectivity index (χ0) is 18.0. The number of benzene rings is 1. The Morgan fingerprint density at radius 1 is 1.24 bits per heavy atom. The van der Waals surface area contributed by atoms with Crippen LogP contribution < -0.4 is 16.0 Å². The van der Waals surface area contributed by atoms with E-state index < -0.39 is 17.1 Å². The number of aryl methyl sites for hydroxylation is 1. The smallest absolute Gasteiger partial charge is 0.332 e. The van der Waals surface area contributed by atoms with Gasteiger partial charge in [-0.15, -0.1) is 0 Å². The van der Waals surface area contributed by atoms with E-state index in [-0.39, 0.29) is 17.6 Å². The first kappa shape index (κ1) is 16.9. The van der Waals surface area contributed by atoms with Gasteiger partial charge in [-0.1, -0.05) is 19.1 Å². The SMILES string of the molecule is CCCOc1ccnc2c1c(=O)n(Cc1cccc(F)c1)c(=O)n2C. The summed E-state index contributed by atoms with van der Waals surface area (Å²) < 4.78 is 21.4. The fourth-order valence-corrected chi connectivity index (χ4v) is 2.67. The fourth-order valence-electron chi connectivity index (χ4n) is 2.67. The van der Waals surface area contributed by atoms with Gasteiger partial charge in [0.15, 0.2) is 5.65 Å². The summed E-state index contributed by atoms with van der Waals surface area (Å²) in [5.74, 6) is -0.0303. The molecule has 0 aliphatic heterocycles. The molecule has 3 aromatic rings. The van der Waals surface area contributed by atoms with Crippen LogP contribution in [0.4, 0.5) is 4.39 Å². The predicted octanol–water partition coefficient (Wildman–Crippen LogP) is 2.07. The average molecular weight is 343 g/mol. The van der Waals surface area contributed by atoms with Crippen molar-refractivity contribution in [2.24, 2.45) is 7.05 Å². The van der Waals surface area contributed by atoms with Crippen LogP contribution in [0.2, 0.25) is 0 Å². The highest BCUT2D eigenvalue weighted by atomic mass is 19.1. The summed E-state index contributed by atoms with van der Waals surface area (Å²) in [5.41, 5.74) is -0.221. The number of rotatable bonds is 5. The molecule has 0 saturated carbocycles. The Morgan fingerprint density at radius 3 is 2.76 bits per heavy atom. The molecule has 0 radical (unpaired) electrons. The van der Waals surface area contributed by atoms with Gasteiger partial charge in [-0.2, -0.15) is 0 Å². The van der Waals surface area contributed by atoms with Crippen LogP contribution in [0.15, 0.2) is 46.1 Å². The summed E-state index contributed by atoms with van der Waals surface area (Å²) >= 11 is 0. The first-order valence-corrected chi connectivity index (χ1v) is 7.98. The summed E-state index contributed by atoms with van der Waals surface area (Å²) in [6.45, 7) is 2.38. The van der Waals surface area contributed by atoms with Crippen LogP contribution in [0.1, 0.15) is 18.9 Å². The van der Waals surface area contributed by atoms with Crippen LogP contribution in [0.25, 0.3) is 11.0 Å². The van der Waals surface area contributed by atoms with Gasteiger partial charge in [0.2, 0.25) is 0 Å². The highest BCUT2D eigenvalue weighted by Crippen LogP contribution is 2.19. The predicted molar refractivity (Wildman–Crippen MR) is 92.5 cm³/mol. The Hall–Kier alpha value is -2.96. The molecular formula is C18H18FN3O3. The van der Waals surface area contributed by atoms with Crippen molar-refractivity contribution in [1.82, 2.24) is 14.1 Å². The molecule has 7 heteroatoms. The molecule has 6 nitrogen and oxygen atoms in total. The molecule has 25 heavy (non-hydrogen) atoms. The van der Waals surface area contributed by atoms with Crippen LogP contribution in [0, 0.1) is 5.82 Å². The lowest BCUT2D eigenvalue weighted by Crippen LogP contribution is -2.39. The van der Waals surface area contributed by atoms with Crippen LogP contribution in [0.3, 0.4) is 0 Å². The Morgan fingerprint density at radius 2 is 2.04 bits per heavy atom. The Kier molecular flexibility index (Phi) is 4.65. The highest BCUT2D eigenvalue weighted by molar-refractivity contribution is 5.81. The third-order valence-corrected chi connectivity index (χ3v) is 3.88. The second-order valence-corrected chi connectivity index (χ2v) is 5.72. The van der Waals surface area contributed by atoms with E-state index in [1.54, 1.807) is 25.2 Å². The van der Waals surface area contributed by atoms with Crippen LogP contribution in [-0.4, -0.2) is 20.7 Å². The Labute approximate surface area is 143 Å². The van der Waals surface area contributed by atoms with E-state index in [4.69, 9.17) is 4.74 Å². The third-order valence-electron chi connectivity index (χ3n) is 3.88. The molecule has 0 bridgehead atoms. The lowest BCUT2D eigenvalue weighted by molar-refractivity contribution is 0.320. The number of aromatic nitrogens is 3. The summed E-state index contributed by atoms with van der Waals surface area (Å²) in [4.78, 5) is 29.6. The lowest BCUT2D eigenvalue weighted by atomic mass is 10.2. The molecule has 0 amide bonds. The van der Waals surface area contributed by atoms with Gasteiger partial charge in [0.1, 0.15) is 17.0 Å². The average Bonchev–Trinajstić information content (AvgIpc) is 2.61. The van der Waals surface area contributed by atoms with Gasteiger partial charge in [0, 0.05) is 13.2 Å². The number of hydrogen-bond acceptors (Lipinski definition) is 4. The van der Waals surface area contributed by atoms with E-state index >= 15 is 0 Å². The molecule has 0 unspecified atom stereocenters. The largest absolute Gasteiger partial charge is 0.493 e. The number of fused-ring (bicyclic) bond motifs is 1. The molecule has 2 aromatic heterocycles. The molecule has 130 valence electrons. The first-order chi connectivity index (χ1) is 12.0. The molecule has 2 heterocycles. The van der Waals surface area contributed by atoms with Gasteiger partial charge in [0.05, 0.1) is 13.2 Å². The zero-order valence-corrected chi connectivity index (χ0v) is 14.0. The number of pyridine rings is 1. The topological polar surface area (TPSA) is 66.1 Å². The maximum absolute atomic E-state index is 13.4. The van der Waals surface area contributed by atoms with Gasteiger partial charge in [-0.05, 0) is 30.2 Å². The van der Waals surface area contributed by atoms with Crippen LogP contribution >= 0.6 is 0 Å². The normalized spacial score (nSPS) is 11.0. The molecule has 0 spiro atoms. The van der Waals surface area contributed by atoms with Crippen LogP contribution in [-0.2, 0) is 13.6 Å². The van der Waals surface area contributed by atoms with Crippen molar-refractivity contribution >= 4 is 11.0 Å². The lowest BCUT2D eigenvalue weighted by Gasteiger charge is -2.13. The summed E-state index contributed by atoms with van der Waals surface area (Å²) in [7, 11) is 1.54. The second kappa shape index (κ2) is 6.88. The second-order valence-electron chi connectivity index (χ2n) is 5.72. The first-order valence-electron chi connectivity index (χ1n) is 7.98. The molecule has 0 N–H and O–H groups in total. The molecule has 0 aliphatic rings. The van der Waals surface area contributed by atoms with E-state index in [9.17, 15) is 14.0 Å². The summed E-state index contributed by atoms with van der Waals surface area (Å²) in [6.07, 6.45) is 2.29. The number of ether oxygens (including phenoxy) is 1. The van der Waals surface area contributed by atoms with E-state index in [0.717, 1.165) is 11.0 Å². The van der Waals surface area contributed by atoms with Crippen molar-refractivity contribution in [2.75, 3.05) is 6.61 Å². The fraction of sp³-hybridized carbons (Fsp3) is 0.278. The van der Waals surface area contributed by atoms with Gasteiger partial charge >= 0.3 is 5.69 Å². The maximum atomic E-state index is 13.4. The van der Waals surface area contributed by atoms with Crippen molar-refractivity contribution in [1.29, 1.82) is 0 Å².